The zero-order valence-electron chi connectivity index (χ0n) is 9.83. The van der Waals surface area contributed by atoms with Crippen LogP contribution in [0.2, 0.25) is 0 Å². The third-order valence-electron chi connectivity index (χ3n) is 3.37. The van der Waals surface area contributed by atoms with Gasteiger partial charge in [-0.3, -0.25) is 4.98 Å². The minimum Gasteiger partial charge on any atom is -0.390 e. The predicted molar refractivity (Wildman–Crippen MR) is 68.2 cm³/mol. The van der Waals surface area contributed by atoms with Gasteiger partial charge in [0.1, 0.15) is 0 Å². The summed E-state index contributed by atoms with van der Waals surface area (Å²) in [7, 11) is 0. The predicted octanol–water partition coefficient (Wildman–Crippen LogP) is 3.33. The molecule has 1 aliphatic carbocycles. The van der Waals surface area contributed by atoms with E-state index in [0.717, 1.165) is 29.3 Å². The number of pyridine rings is 1. The normalized spacial score (nSPS) is 28.2. The van der Waals surface area contributed by atoms with Crippen LogP contribution in [0.4, 0.5) is 0 Å². The van der Waals surface area contributed by atoms with Gasteiger partial charge in [-0.2, -0.15) is 0 Å². The van der Waals surface area contributed by atoms with Crippen LogP contribution in [0.1, 0.15) is 38.7 Å². The lowest BCUT2D eigenvalue weighted by Gasteiger charge is -2.25. The second kappa shape index (κ2) is 4.11. The fraction of sp³-hybridized carbons (Fsp3) is 0.615. The topological polar surface area (TPSA) is 33.1 Å². The summed E-state index contributed by atoms with van der Waals surface area (Å²) in [6.45, 7) is 4.45. The number of nitrogens with zero attached hydrogens (tertiary/aromatic N) is 1. The second-order valence-electron chi connectivity index (χ2n) is 5.75. The quantitative estimate of drug-likeness (QED) is 0.903. The van der Waals surface area contributed by atoms with E-state index in [4.69, 9.17) is 0 Å². The van der Waals surface area contributed by atoms with Crippen molar-refractivity contribution in [3.05, 3.63) is 28.5 Å². The zero-order valence-corrected chi connectivity index (χ0v) is 11.4. The van der Waals surface area contributed by atoms with E-state index in [1.54, 1.807) is 6.20 Å². The van der Waals surface area contributed by atoms with Crippen molar-refractivity contribution in [1.82, 2.24) is 4.98 Å². The molecule has 1 aliphatic rings. The van der Waals surface area contributed by atoms with Gasteiger partial charge in [0, 0.05) is 23.3 Å². The van der Waals surface area contributed by atoms with Gasteiger partial charge in [-0.1, -0.05) is 13.8 Å². The van der Waals surface area contributed by atoms with Crippen molar-refractivity contribution in [2.45, 2.75) is 45.1 Å². The summed E-state index contributed by atoms with van der Waals surface area (Å²) in [5, 5.41) is 10.5. The number of aromatic nitrogens is 1. The minimum atomic E-state index is -0.536. The van der Waals surface area contributed by atoms with Gasteiger partial charge in [-0.15, -0.1) is 0 Å². The average molecular weight is 284 g/mol. The first-order valence-corrected chi connectivity index (χ1v) is 6.50. The fourth-order valence-electron chi connectivity index (χ4n) is 2.72. The van der Waals surface area contributed by atoms with E-state index < -0.39 is 5.60 Å². The van der Waals surface area contributed by atoms with Crippen molar-refractivity contribution in [3.8, 4) is 0 Å². The maximum Gasteiger partial charge on any atom is 0.0693 e. The van der Waals surface area contributed by atoms with Crippen LogP contribution in [-0.2, 0) is 6.42 Å². The third kappa shape index (κ3) is 2.83. The van der Waals surface area contributed by atoms with Crippen LogP contribution in [0.3, 0.4) is 0 Å². The van der Waals surface area contributed by atoms with Gasteiger partial charge < -0.3 is 5.11 Å². The fourth-order valence-corrected chi connectivity index (χ4v) is 3.13. The molecule has 1 heterocycles. The van der Waals surface area contributed by atoms with Gasteiger partial charge in [0.2, 0.25) is 0 Å². The highest BCUT2D eigenvalue weighted by Crippen LogP contribution is 2.44. The summed E-state index contributed by atoms with van der Waals surface area (Å²) < 4.78 is 0.978. The van der Waals surface area contributed by atoms with Crippen LogP contribution in [0, 0.1) is 5.41 Å². The van der Waals surface area contributed by atoms with Crippen molar-refractivity contribution < 1.29 is 5.11 Å². The molecule has 1 N–H and O–H groups in total. The first-order valence-electron chi connectivity index (χ1n) is 5.71. The van der Waals surface area contributed by atoms with E-state index in [-0.39, 0.29) is 5.41 Å². The molecular weight excluding hydrogens is 266 g/mol. The lowest BCUT2D eigenvalue weighted by molar-refractivity contribution is 0.0378. The van der Waals surface area contributed by atoms with Crippen molar-refractivity contribution >= 4 is 15.9 Å². The Morgan fingerprint density at radius 2 is 2.12 bits per heavy atom. The lowest BCUT2D eigenvalue weighted by Crippen LogP contribution is -2.29. The van der Waals surface area contributed by atoms with E-state index in [1.165, 1.54) is 0 Å². The smallest absolute Gasteiger partial charge is 0.0693 e. The molecule has 1 unspecified atom stereocenters. The van der Waals surface area contributed by atoms with Gasteiger partial charge in [-0.25, -0.2) is 0 Å². The summed E-state index contributed by atoms with van der Waals surface area (Å²) in [6.07, 6.45) is 7.20. The molecule has 1 saturated carbocycles. The summed E-state index contributed by atoms with van der Waals surface area (Å²) in [5.74, 6) is 0. The van der Waals surface area contributed by atoms with Gasteiger partial charge in [0.25, 0.3) is 0 Å². The van der Waals surface area contributed by atoms with Crippen LogP contribution in [-0.4, -0.2) is 15.7 Å². The van der Waals surface area contributed by atoms with Gasteiger partial charge in [0.05, 0.1) is 5.60 Å². The van der Waals surface area contributed by atoms with Crippen molar-refractivity contribution in [2.24, 2.45) is 5.41 Å². The molecule has 0 aliphatic heterocycles. The Hall–Kier alpha value is -0.410. The van der Waals surface area contributed by atoms with Gasteiger partial charge >= 0.3 is 0 Å². The first kappa shape index (κ1) is 12.1. The van der Waals surface area contributed by atoms with Crippen LogP contribution >= 0.6 is 15.9 Å². The Kier molecular flexibility index (Phi) is 3.10. The second-order valence-corrected chi connectivity index (χ2v) is 6.67. The Balaban J connectivity index is 2.10. The highest BCUT2D eigenvalue weighted by molar-refractivity contribution is 9.10. The molecule has 3 heteroatoms. The maximum absolute atomic E-state index is 10.5. The van der Waals surface area contributed by atoms with Crippen molar-refractivity contribution in [3.63, 3.8) is 0 Å². The van der Waals surface area contributed by atoms with Crippen LogP contribution < -0.4 is 0 Å². The monoisotopic (exact) mass is 283 g/mol. The molecule has 1 fully saturated rings. The summed E-state index contributed by atoms with van der Waals surface area (Å²) >= 11 is 3.41. The zero-order chi connectivity index (χ0) is 11.8. The van der Waals surface area contributed by atoms with Crippen LogP contribution in [0.25, 0.3) is 0 Å². The van der Waals surface area contributed by atoms with Gasteiger partial charge in [-0.05, 0) is 52.2 Å². The summed E-state index contributed by atoms with van der Waals surface area (Å²) in [4.78, 5) is 4.14. The van der Waals surface area contributed by atoms with Gasteiger partial charge in [0.15, 0.2) is 0 Å². The molecule has 1 aromatic heterocycles. The Labute approximate surface area is 105 Å². The molecule has 1 aromatic rings. The summed E-state index contributed by atoms with van der Waals surface area (Å²) in [5.41, 5.74) is 0.842. The number of hydrogen-bond donors (Lipinski definition) is 1. The molecule has 16 heavy (non-hydrogen) atoms. The molecule has 2 nitrogen and oxygen atoms in total. The Morgan fingerprint density at radius 3 is 2.69 bits per heavy atom. The average Bonchev–Trinajstić information content (AvgIpc) is 2.40. The molecule has 0 amide bonds. The summed E-state index contributed by atoms with van der Waals surface area (Å²) in [6, 6.07) is 2.04. The number of rotatable bonds is 2. The van der Waals surface area contributed by atoms with Crippen LogP contribution in [0.15, 0.2) is 22.9 Å². The maximum atomic E-state index is 10.5. The number of aliphatic hydroxyl groups is 1. The van der Waals surface area contributed by atoms with E-state index >= 15 is 0 Å². The standard InChI is InChI=1S/C13H18BrNO/c1-12(2)3-4-13(16,9-12)6-10-5-11(14)8-15-7-10/h5,7-8,16H,3-4,6,9H2,1-2H3. The molecule has 88 valence electrons. The number of hydrogen-bond acceptors (Lipinski definition) is 2. The molecule has 0 spiro atoms. The highest BCUT2D eigenvalue weighted by Gasteiger charge is 2.41. The molecule has 2 rings (SSSR count). The number of halogens is 1. The van der Waals surface area contributed by atoms with Crippen molar-refractivity contribution in [2.75, 3.05) is 0 Å². The Morgan fingerprint density at radius 1 is 1.38 bits per heavy atom. The van der Waals surface area contributed by atoms with E-state index in [0.29, 0.717) is 6.42 Å². The van der Waals surface area contributed by atoms with Crippen LogP contribution in [0.5, 0.6) is 0 Å². The van der Waals surface area contributed by atoms with E-state index in [1.807, 2.05) is 12.3 Å². The molecule has 0 saturated heterocycles. The SMILES string of the molecule is CC1(C)CCC(O)(Cc2cncc(Br)c2)C1. The third-order valence-corrected chi connectivity index (χ3v) is 3.80. The highest BCUT2D eigenvalue weighted by atomic mass is 79.9. The molecular formula is C13H18BrNO. The molecule has 1 atom stereocenters. The molecule has 0 radical (unpaired) electrons. The molecule has 0 aromatic carbocycles. The molecule has 0 bridgehead atoms. The minimum absolute atomic E-state index is 0.272. The lowest BCUT2D eigenvalue weighted by atomic mass is 9.87. The largest absolute Gasteiger partial charge is 0.390 e. The first-order chi connectivity index (χ1) is 7.39. The Bertz CT molecular complexity index is 391. The van der Waals surface area contributed by atoms with Crippen molar-refractivity contribution in [1.29, 1.82) is 0 Å². The van der Waals surface area contributed by atoms with E-state index in [9.17, 15) is 5.11 Å². The van der Waals surface area contributed by atoms with E-state index in [2.05, 4.69) is 34.8 Å².